The van der Waals surface area contributed by atoms with Gasteiger partial charge in [-0.05, 0) is 50.2 Å². The van der Waals surface area contributed by atoms with Gasteiger partial charge in [0.05, 0.1) is 23.0 Å². The molecule has 8 nitrogen and oxygen atoms in total. The third-order valence-electron chi connectivity index (χ3n) is 6.08. The van der Waals surface area contributed by atoms with Crippen LogP contribution in [-0.2, 0) is 0 Å². The van der Waals surface area contributed by atoms with Crippen LogP contribution in [-0.4, -0.2) is 58.1 Å². The van der Waals surface area contributed by atoms with Crippen molar-refractivity contribution in [2.45, 2.75) is 44.6 Å². The Morgan fingerprint density at radius 1 is 1.03 bits per heavy atom. The van der Waals surface area contributed by atoms with E-state index in [1.807, 2.05) is 6.08 Å². The molecule has 29 heavy (non-hydrogen) atoms. The number of allylic oxidation sites excluding steroid dienone is 2. The number of piperidine rings is 1. The van der Waals surface area contributed by atoms with Gasteiger partial charge in [-0.3, -0.25) is 0 Å². The van der Waals surface area contributed by atoms with Gasteiger partial charge in [-0.2, -0.15) is 0 Å². The molecule has 8 heteroatoms. The van der Waals surface area contributed by atoms with Gasteiger partial charge in [-0.15, -0.1) is 0 Å². The van der Waals surface area contributed by atoms with E-state index in [2.05, 4.69) is 20.9 Å². The Labute approximate surface area is 169 Å². The van der Waals surface area contributed by atoms with Crippen LogP contribution in [0.4, 0.5) is 10.7 Å². The fourth-order valence-corrected chi connectivity index (χ4v) is 4.60. The molecule has 4 heterocycles. The zero-order valence-corrected chi connectivity index (χ0v) is 16.4. The van der Waals surface area contributed by atoms with Crippen molar-refractivity contribution in [3.63, 3.8) is 0 Å². The van der Waals surface area contributed by atoms with Crippen LogP contribution in [0.5, 0.6) is 0 Å². The van der Waals surface area contributed by atoms with Crippen LogP contribution in [0.25, 0.3) is 0 Å². The maximum atomic E-state index is 11.9. The predicted octanol–water partition coefficient (Wildman–Crippen LogP) is 2.43. The highest BCUT2D eigenvalue weighted by Crippen LogP contribution is 2.33. The lowest BCUT2D eigenvalue weighted by atomic mass is 9.88. The molecule has 1 aromatic rings. The summed E-state index contributed by atoms with van der Waals surface area (Å²) in [6, 6.07) is -0.354. The summed E-state index contributed by atoms with van der Waals surface area (Å²) in [7, 11) is 0. The molecule has 2 N–H and O–H groups in total. The molecule has 0 radical (unpaired) electrons. The summed E-state index contributed by atoms with van der Waals surface area (Å²) in [5.74, 6) is 1.41. The van der Waals surface area contributed by atoms with Crippen molar-refractivity contribution in [3.8, 4) is 0 Å². The quantitative estimate of drug-likeness (QED) is 0.855. The Hall–Kier alpha value is -3.03. The Balaban J connectivity index is 1.45. The van der Waals surface area contributed by atoms with Gasteiger partial charge in [0.25, 0.3) is 0 Å². The largest absolute Gasteiger partial charge is 0.351 e. The molecular formula is C21H25N7O. The van der Waals surface area contributed by atoms with E-state index >= 15 is 0 Å². The third-order valence-corrected chi connectivity index (χ3v) is 6.08. The predicted molar refractivity (Wildman–Crippen MR) is 112 cm³/mol. The van der Waals surface area contributed by atoms with E-state index in [0.717, 1.165) is 67.3 Å². The number of carbonyl (C=O) groups excluding carboxylic acids is 1. The van der Waals surface area contributed by atoms with Crippen molar-refractivity contribution in [2.24, 2.45) is 15.7 Å². The smallest absolute Gasteiger partial charge is 0.315 e. The van der Waals surface area contributed by atoms with Crippen LogP contribution >= 0.6 is 0 Å². The Morgan fingerprint density at radius 2 is 1.79 bits per heavy atom. The molecule has 0 spiro atoms. The first-order valence-electron chi connectivity index (χ1n) is 10.4. The highest BCUT2D eigenvalue weighted by molar-refractivity contribution is 6.22. The van der Waals surface area contributed by atoms with E-state index in [1.54, 1.807) is 17.3 Å². The number of amides is 2. The van der Waals surface area contributed by atoms with Crippen molar-refractivity contribution in [3.05, 3.63) is 41.4 Å². The number of urea groups is 1. The van der Waals surface area contributed by atoms with Gasteiger partial charge in [-0.1, -0.05) is 6.08 Å². The van der Waals surface area contributed by atoms with Gasteiger partial charge in [0, 0.05) is 32.0 Å². The van der Waals surface area contributed by atoms with Gasteiger partial charge in [-0.25, -0.2) is 24.7 Å². The van der Waals surface area contributed by atoms with E-state index in [1.165, 1.54) is 12.8 Å². The second kappa shape index (κ2) is 7.42. The molecule has 0 saturated carbocycles. The van der Waals surface area contributed by atoms with Crippen molar-refractivity contribution in [1.82, 2.24) is 14.9 Å². The van der Waals surface area contributed by atoms with Crippen molar-refractivity contribution >= 4 is 23.5 Å². The lowest BCUT2D eigenvalue weighted by Gasteiger charge is -2.36. The van der Waals surface area contributed by atoms with Gasteiger partial charge in [0.15, 0.2) is 5.84 Å². The van der Waals surface area contributed by atoms with E-state index in [4.69, 9.17) is 15.7 Å². The lowest BCUT2D eigenvalue weighted by molar-refractivity contribution is 0.171. The number of anilines is 1. The first kappa shape index (κ1) is 18.0. The highest BCUT2D eigenvalue weighted by Gasteiger charge is 2.33. The number of aromatic nitrogens is 2. The van der Waals surface area contributed by atoms with Gasteiger partial charge in [0.2, 0.25) is 5.95 Å². The maximum Gasteiger partial charge on any atom is 0.315 e. The molecule has 150 valence electrons. The summed E-state index contributed by atoms with van der Waals surface area (Å²) < 4.78 is 0. The Bertz CT molecular complexity index is 938. The first-order valence-corrected chi connectivity index (χ1v) is 10.4. The number of aliphatic imine (C=N–C) groups is 2. The average molecular weight is 391 g/mol. The SMILES string of the molecule is NC(=O)N1CCCCC1C1=C2N=C(c3cnc(N4CCCC4)nc3)N=C2C=CC1. The molecule has 3 aliphatic heterocycles. The zero-order chi connectivity index (χ0) is 19.8. The number of fused-ring (bicyclic) bond motifs is 1. The Morgan fingerprint density at radius 3 is 2.55 bits per heavy atom. The van der Waals surface area contributed by atoms with Crippen LogP contribution in [0.15, 0.2) is 45.8 Å². The van der Waals surface area contributed by atoms with E-state index < -0.39 is 0 Å². The summed E-state index contributed by atoms with van der Waals surface area (Å²) in [5, 5.41) is 0. The van der Waals surface area contributed by atoms with Gasteiger partial charge >= 0.3 is 6.03 Å². The zero-order valence-electron chi connectivity index (χ0n) is 16.4. The van der Waals surface area contributed by atoms with Crippen molar-refractivity contribution in [2.75, 3.05) is 24.5 Å². The summed E-state index contributed by atoms with van der Waals surface area (Å²) in [4.78, 5) is 34.5. The minimum absolute atomic E-state index is 0.00305. The van der Waals surface area contributed by atoms with Crippen molar-refractivity contribution < 1.29 is 4.79 Å². The van der Waals surface area contributed by atoms with Crippen LogP contribution < -0.4 is 10.6 Å². The highest BCUT2D eigenvalue weighted by atomic mass is 16.2. The molecule has 1 unspecified atom stereocenters. The first-order chi connectivity index (χ1) is 14.2. The summed E-state index contributed by atoms with van der Waals surface area (Å²) in [5.41, 5.74) is 9.32. The van der Waals surface area contributed by atoms with Crippen molar-refractivity contribution in [1.29, 1.82) is 0 Å². The summed E-state index contributed by atoms with van der Waals surface area (Å²) in [6.07, 6.45) is 13.9. The monoisotopic (exact) mass is 391 g/mol. The minimum Gasteiger partial charge on any atom is -0.351 e. The average Bonchev–Trinajstić information content (AvgIpc) is 3.43. The topological polar surface area (TPSA) is 100 Å². The second-order valence-corrected chi connectivity index (χ2v) is 7.92. The number of primary amides is 1. The van der Waals surface area contributed by atoms with Gasteiger partial charge < -0.3 is 15.5 Å². The van der Waals surface area contributed by atoms with Crippen LogP contribution in [0.3, 0.4) is 0 Å². The minimum atomic E-state index is -0.357. The molecule has 4 aliphatic rings. The van der Waals surface area contributed by atoms with Crippen LogP contribution in [0.2, 0.25) is 0 Å². The third kappa shape index (κ3) is 3.32. The molecule has 1 atom stereocenters. The number of likely N-dealkylation sites (tertiary alicyclic amines) is 1. The fraction of sp³-hybridized carbons (Fsp3) is 0.476. The molecular weight excluding hydrogens is 366 g/mol. The fourth-order valence-electron chi connectivity index (χ4n) is 4.60. The number of nitrogens with two attached hydrogens (primary N) is 1. The molecule has 2 fully saturated rings. The number of amidine groups is 1. The van der Waals surface area contributed by atoms with Crippen LogP contribution in [0.1, 0.15) is 44.1 Å². The Kier molecular flexibility index (Phi) is 4.61. The molecule has 0 aromatic carbocycles. The summed E-state index contributed by atoms with van der Waals surface area (Å²) >= 11 is 0. The van der Waals surface area contributed by atoms with E-state index in [9.17, 15) is 4.79 Å². The number of hydrogen-bond donors (Lipinski definition) is 1. The summed E-state index contributed by atoms with van der Waals surface area (Å²) in [6.45, 7) is 2.73. The lowest BCUT2D eigenvalue weighted by Crippen LogP contribution is -2.47. The molecule has 1 aliphatic carbocycles. The normalized spacial score (nSPS) is 23.9. The maximum absolute atomic E-state index is 11.9. The van der Waals surface area contributed by atoms with Gasteiger partial charge in [0.1, 0.15) is 0 Å². The molecule has 0 bridgehead atoms. The number of nitrogens with zero attached hydrogens (tertiary/aromatic N) is 6. The standard InChI is InChI=1S/C21H25N7O/c22-20(29)28-11-2-1-8-17(28)15-6-5-7-16-18(15)26-19(25-16)14-12-23-21(24-13-14)27-9-3-4-10-27/h5,7,12-13,17H,1-4,6,8-11H2,(H2,22,29). The molecule has 1 aromatic heterocycles. The van der Waals surface area contributed by atoms with E-state index in [-0.39, 0.29) is 12.1 Å². The number of carbonyl (C=O) groups is 1. The molecule has 2 amide bonds. The number of hydrogen-bond acceptors (Lipinski definition) is 6. The van der Waals surface area contributed by atoms with Crippen LogP contribution in [0, 0.1) is 0 Å². The molecule has 5 rings (SSSR count). The number of rotatable bonds is 3. The second-order valence-electron chi connectivity index (χ2n) is 7.92. The molecule has 2 saturated heterocycles. The van der Waals surface area contributed by atoms with E-state index in [0.29, 0.717) is 12.4 Å².